The van der Waals surface area contributed by atoms with Gasteiger partial charge in [-0.1, -0.05) is 77.7 Å². The molecule has 21 heavy (non-hydrogen) atoms. The van der Waals surface area contributed by atoms with Crippen molar-refractivity contribution in [2.75, 3.05) is 13.1 Å². The summed E-state index contributed by atoms with van der Waals surface area (Å²) in [5.41, 5.74) is 0. The van der Waals surface area contributed by atoms with Crippen LogP contribution in [0.1, 0.15) is 27.7 Å². The summed E-state index contributed by atoms with van der Waals surface area (Å²) in [6.45, 7) is 19.8. The molecule has 1 aliphatic heterocycles. The quantitative estimate of drug-likeness (QED) is 0.786. The average Bonchev–Trinajstić information content (AvgIpc) is 2.80. The molecule has 0 atom stereocenters. The van der Waals surface area contributed by atoms with Crippen LogP contribution in [0.2, 0.25) is 19.6 Å². The number of hydrogen-bond donors (Lipinski definition) is 0. The molecular formula is C17H32N2Si2. The molecule has 1 saturated heterocycles. The third-order valence-electron chi connectivity index (χ3n) is 4.88. The van der Waals surface area contributed by atoms with Crippen molar-refractivity contribution >= 4 is 20.7 Å². The Morgan fingerprint density at radius 2 is 1.29 bits per heavy atom. The fraction of sp³-hybridized carbons (Fsp3) is 0.647. The van der Waals surface area contributed by atoms with Gasteiger partial charge in [-0.05, 0) is 17.3 Å². The zero-order valence-corrected chi connectivity index (χ0v) is 16.9. The van der Waals surface area contributed by atoms with Crippen molar-refractivity contribution in [3.63, 3.8) is 0 Å². The molecule has 2 rings (SSSR count). The predicted octanol–water partition coefficient (Wildman–Crippen LogP) is 3.19. The first kappa shape index (κ1) is 16.9. The second kappa shape index (κ2) is 5.99. The van der Waals surface area contributed by atoms with Crippen LogP contribution < -0.4 is 5.19 Å². The van der Waals surface area contributed by atoms with Gasteiger partial charge in [0.05, 0.1) is 7.59 Å². The molecule has 0 bridgehead atoms. The molecule has 0 N–H and O–H groups in total. The molecule has 4 heteroatoms. The van der Waals surface area contributed by atoms with Crippen LogP contribution in [0.15, 0.2) is 30.3 Å². The van der Waals surface area contributed by atoms with E-state index in [1.807, 2.05) is 0 Å². The largest absolute Gasteiger partial charge is 0.307 e. The summed E-state index contributed by atoms with van der Waals surface area (Å²) in [4.78, 5) is 0. The zero-order valence-electron chi connectivity index (χ0n) is 14.9. The van der Waals surface area contributed by atoms with Gasteiger partial charge in [0.2, 0.25) is 7.91 Å². The van der Waals surface area contributed by atoms with Gasteiger partial charge in [0.1, 0.15) is 0 Å². The molecule has 1 heterocycles. The summed E-state index contributed by atoms with van der Waals surface area (Å²) in [6.07, 6.45) is 0. The standard InChI is InChI=1S/C17H32N2Si2/c1-15(2)18-13-14-19(16(3)4)21(18,20(5,6)7)17-11-9-8-10-12-17/h8-12,15-16H,13-14H2,1-7H3. The molecule has 0 aromatic heterocycles. The van der Waals surface area contributed by atoms with Gasteiger partial charge >= 0.3 is 0 Å². The predicted molar refractivity (Wildman–Crippen MR) is 98.9 cm³/mol. The maximum atomic E-state index is 2.90. The van der Waals surface area contributed by atoms with Crippen molar-refractivity contribution in [2.24, 2.45) is 0 Å². The number of nitrogens with zero attached hydrogens (tertiary/aromatic N) is 2. The maximum Gasteiger partial charge on any atom is 0.223 e. The van der Waals surface area contributed by atoms with Gasteiger partial charge < -0.3 is 9.13 Å². The van der Waals surface area contributed by atoms with E-state index in [0.717, 1.165) is 0 Å². The van der Waals surface area contributed by atoms with Gasteiger partial charge in [0.15, 0.2) is 0 Å². The van der Waals surface area contributed by atoms with Crippen molar-refractivity contribution < 1.29 is 0 Å². The third-order valence-corrected chi connectivity index (χ3v) is 20.1. The molecule has 118 valence electrons. The molecule has 0 aliphatic carbocycles. The molecule has 1 aromatic carbocycles. The van der Waals surface area contributed by atoms with E-state index in [1.165, 1.54) is 13.1 Å². The van der Waals surface area contributed by atoms with Gasteiger partial charge in [0.25, 0.3) is 0 Å². The lowest BCUT2D eigenvalue weighted by atomic mass is 10.3. The van der Waals surface area contributed by atoms with Crippen LogP contribution in [-0.2, 0) is 0 Å². The van der Waals surface area contributed by atoms with Crippen molar-refractivity contribution in [3.05, 3.63) is 30.3 Å². The van der Waals surface area contributed by atoms with E-state index in [9.17, 15) is 0 Å². The highest BCUT2D eigenvalue weighted by atomic mass is 29.3. The Labute approximate surface area is 133 Å². The van der Waals surface area contributed by atoms with Crippen LogP contribution in [0.4, 0.5) is 0 Å². The molecule has 2 nitrogen and oxygen atoms in total. The number of benzene rings is 1. The highest BCUT2D eigenvalue weighted by Gasteiger charge is 2.60. The van der Waals surface area contributed by atoms with Crippen LogP contribution in [0.25, 0.3) is 0 Å². The summed E-state index contributed by atoms with van der Waals surface area (Å²) >= 11 is 0. The van der Waals surface area contributed by atoms with E-state index in [4.69, 9.17) is 0 Å². The lowest BCUT2D eigenvalue weighted by Gasteiger charge is -2.52. The van der Waals surface area contributed by atoms with Crippen molar-refractivity contribution in [1.82, 2.24) is 9.13 Å². The molecule has 0 radical (unpaired) electrons. The van der Waals surface area contributed by atoms with Gasteiger partial charge in [-0.15, -0.1) is 0 Å². The first-order chi connectivity index (χ1) is 9.73. The molecule has 0 unspecified atom stereocenters. The van der Waals surface area contributed by atoms with E-state index in [2.05, 4.69) is 86.8 Å². The minimum Gasteiger partial charge on any atom is -0.307 e. The lowest BCUT2D eigenvalue weighted by molar-refractivity contribution is 0.390. The third kappa shape index (κ3) is 2.67. The van der Waals surface area contributed by atoms with Crippen molar-refractivity contribution in [1.29, 1.82) is 0 Å². The monoisotopic (exact) mass is 320 g/mol. The van der Waals surface area contributed by atoms with Crippen molar-refractivity contribution in [3.8, 4) is 0 Å². The zero-order chi connectivity index (χ0) is 15.8. The second-order valence-electron chi connectivity index (χ2n) is 7.86. The van der Waals surface area contributed by atoms with Crippen LogP contribution in [0, 0.1) is 0 Å². The normalized spacial score (nSPS) is 20.6. The Kier molecular flexibility index (Phi) is 4.83. The SMILES string of the molecule is CC(C)N1CCN(C(C)C)[Si]1(c1ccccc1)[Si](C)(C)C. The van der Waals surface area contributed by atoms with Crippen LogP contribution >= 0.6 is 0 Å². The van der Waals surface area contributed by atoms with Gasteiger partial charge in [-0.25, -0.2) is 0 Å². The lowest BCUT2D eigenvalue weighted by Crippen LogP contribution is -2.81. The molecule has 0 saturated carbocycles. The highest BCUT2D eigenvalue weighted by molar-refractivity contribution is 7.43. The first-order valence-corrected chi connectivity index (χ1v) is 14.7. The first-order valence-electron chi connectivity index (χ1n) is 8.32. The number of hydrogen-bond acceptors (Lipinski definition) is 2. The summed E-state index contributed by atoms with van der Waals surface area (Å²) < 4.78 is 5.79. The van der Waals surface area contributed by atoms with E-state index in [0.29, 0.717) is 12.1 Å². The second-order valence-corrected chi connectivity index (χ2v) is 22.0. The van der Waals surface area contributed by atoms with E-state index in [1.54, 1.807) is 5.19 Å². The summed E-state index contributed by atoms with van der Waals surface area (Å²) in [7, 11) is -3.17. The van der Waals surface area contributed by atoms with E-state index < -0.39 is 15.5 Å². The van der Waals surface area contributed by atoms with Crippen molar-refractivity contribution in [2.45, 2.75) is 59.4 Å². The smallest absolute Gasteiger partial charge is 0.223 e. The highest BCUT2D eigenvalue weighted by Crippen LogP contribution is 2.34. The van der Waals surface area contributed by atoms with Gasteiger partial charge in [-0.3, -0.25) is 0 Å². The molecule has 1 fully saturated rings. The fourth-order valence-corrected chi connectivity index (χ4v) is 21.3. The average molecular weight is 321 g/mol. The van der Waals surface area contributed by atoms with Crippen LogP contribution in [-0.4, -0.2) is 49.8 Å². The molecule has 1 aromatic rings. The molecular weight excluding hydrogens is 288 g/mol. The topological polar surface area (TPSA) is 6.48 Å². The molecule has 0 amide bonds. The van der Waals surface area contributed by atoms with Crippen LogP contribution in [0.3, 0.4) is 0 Å². The minimum absolute atomic E-state index is 0.632. The summed E-state index contributed by atoms with van der Waals surface area (Å²) in [6, 6.07) is 12.7. The van der Waals surface area contributed by atoms with Crippen LogP contribution in [0.5, 0.6) is 0 Å². The Balaban J connectivity index is 2.69. The Morgan fingerprint density at radius 1 is 0.857 bits per heavy atom. The Hall–Kier alpha value is -0.426. The van der Waals surface area contributed by atoms with Gasteiger partial charge in [0, 0.05) is 13.1 Å². The van der Waals surface area contributed by atoms with E-state index in [-0.39, 0.29) is 0 Å². The Morgan fingerprint density at radius 3 is 1.62 bits per heavy atom. The Bertz CT molecular complexity index is 449. The van der Waals surface area contributed by atoms with E-state index >= 15 is 0 Å². The molecule has 0 spiro atoms. The fourth-order valence-electron chi connectivity index (χ4n) is 4.26. The summed E-state index contributed by atoms with van der Waals surface area (Å²) in [5, 5.41) is 1.63. The van der Waals surface area contributed by atoms with Gasteiger partial charge in [-0.2, -0.15) is 0 Å². The minimum atomic E-state index is -1.79. The molecule has 1 aliphatic rings. The summed E-state index contributed by atoms with van der Waals surface area (Å²) in [5.74, 6) is 0. The number of rotatable bonds is 4. The maximum absolute atomic E-state index is 2.90.